The van der Waals surface area contributed by atoms with Gasteiger partial charge < -0.3 is 10.2 Å². The number of hydrogen-bond acceptors (Lipinski definition) is 5. The largest absolute Gasteiger partial charge is 0.347 e. The van der Waals surface area contributed by atoms with Gasteiger partial charge in [0.05, 0.1) is 6.54 Å². The molecule has 1 aromatic heterocycles. The second-order valence-corrected chi connectivity index (χ2v) is 10.2. The Morgan fingerprint density at radius 3 is 2.64 bits per heavy atom. The summed E-state index contributed by atoms with van der Waals surface area (Å²) in [7, 11) is -0.490. The molecular weight excluding hydrogens is 398 g/mol. The molecule has 1 aliphatic rings. The zero-order valence-corrected chi connectivity index (χ0v) is 17.7. The van der Waals surface area contributed by atoms with Crippen LogP contribution in [0.1, 0.15) is 34.1 Å². The predicted octanol–water partition coefficient (Wildman–Crippen LogP) is 2.23. The van der Waals surface area contributed by atoms with Crippen LogP contribution in [0, 0.1) is 0 Å². The van der Waals surface area contributed by atoms with E-state index in [1.807, 2.05) is 19.1 Å². The van der Waals surface area contributed by atoms with Gasteiger partial charge in [-0.1, -0.05) is 6.92 Å². The number of carbonyl (C=O) groups is 2. The monoisotopic (exact) mass is 421 g/mol. The van der Waals surface area contributed by atoms with Crippen molar-refractivity contribution in [2.75, 3.05) is 25.5 Å². The van der Waals surface area contributed by atoms with Gasteiger partial charge in [0, 0.05) is 43.2 Å². The van der Waals surface area contributed by atoms with E-state index in [1.165, 1.54) is 14.1 Å². The lowest BCUT2D eigenvalue weighted by Gasteiger charge is -2.16. The molecule has 1 aliphatic heterocycles. The van der Waals surface area contributed by atoms with E-state index in [4.69, 9.17) is 0 Å². The van der Waals surface area contributed by atoms with Crippen molar-refractivity contribution in [1.29, 1.82) is 0 Å². The molecule has 0 unspecified atom stereocenters. The highest BCUT2D eigenvalue weighted by Crippen LogP contribution is 2.29. The molecule has 0 atom stereocenters. The van der Waals surface area contributed by atoms with Crippen LogP contribution in [0.5, 0.6) is 0 Å². The number of anilines is 1. The minimum absolute atomic E-state index is 0.0807. The summed E-state index contributed by atoms with van der Waals surface area (Å²) in [6.45, 7) is 2.73. The van der Waals surface area contributed by atoms with Gasteiger partial charge in [-0.3, -0.25) is 9.59 Å². The van der Waals surface area contributed by atoms with Crippen LogP contribution in [0.3, 0.4) is 0 Å². The third kappa shape index (κ3) is 3.96. The first kappa shape index (κ1) is 20.5. The fourth-order valence-electron chi connectivity index (χ4n) is 3.03. The Morgan fingerprint density at radius 1 is 1.21 bits per heavy atom. The Labute approximate surface area is 169 Å². The highest BCUT2D eigenvalue weighted by atomic mass is 32.2. The van der Waals surface area contributed by atoms with Crippen LogP contribution in [0.2, 0.25) is 0 Å². The number of rotatable bonds is 6. The first-order valence-corrected chi connectivity index (χ1v) is 11.2. The standard InChI is InChI=1S/C19H23N3O4S2/c1-4-17(23)22-10-9-13-11-14(5-7-16(13)22)19(24)20-12-15-6-8-18(27-15)28(25,26)21(2)3/h5-8,11H,4,9-10,12H2,1-3H3,(H,20,24). The molecule has 2 aromatic rings. The summed E-state index contributed by atoms with van der Waals surface area (Å²) in [5.74, 6) is -0.148. The van der Waals surface area contributed by atoms with Gasteiger partial charge in [-0.15, -0.1) is 11.3 Å². The molecule has 1 aromatic carbocycles. The van der Waals surface area contributed by atoms with E-state index >= 15 is 0 Å². The number of hydrogen-bond donors (Lipinski definition) is 1. The number of sulfonamides is 1. The molecule has 28 heavy (non-hydrogen) atoms. The normalized spacial score (nSPS) is 13.6. The molecular formula is C19H23N3O4S2. The van der Waals surface area contributed by atoms with Gasteiger partial charge in [0.15, 0.2) is 0 Å². The predicted molar refractivity (Wildman–Crippen MR) is 109 cm³/mol. The molecule has 0 saturated heterocycles. The van der Waals surface area contributed by atoms with Crippen molar-refractivity contribution in [1.82, 2.24) is 9.62 Å². The van der Waals surface area contributed by atoms with Gasteiger partial charge in [0.2, 0.25) is 5.91 Å². The smallest absolute Gasteiger partial charge is 0.252 e. The second kappa shape index (κ2) is 8.02. The minimum Gasteiger partial charge on any atom is -0.347 e. The van der Waals surface area contributed by atoms with Crippen molar-refractivity contribution in [2.45, 2.75) is 30.5 Å². The lowest BCUT2D eigenvalue weighted by atomic mass is 10.1. The molecule has 0 fully saturated rings. The van der Waals surface area contributed by atoms with Gasteiger partial charge >= 0.3 is 0 Å². The first-order valence-electron chi connectivity index (χ1n) is 8.96. The number of fused-ring (bicyclic) bond motifs is 1. The van der Waals surface area contributed by atoms with Crippen LogP contribution >= 0.6 is 11.3 Å². The number of amides is 2. The molecule has 7 nitrogen and oxygen atoms in total. The minimum atomic E-state index is -3.46. The van der Waals surface area contributed by atoms with Gasteiger partial charge in [-0.05, 0) is 42.3 Å². The quantitative estimate of drug-likeness (QED) is 0.775. The highest BCUT2D eigenvalue weighted by molar-refractivity contribution is 7.91. The maximum atomic E-state index is 12.5. The molecule has 0 aliphatic carbocycles. The summed E-state index contributed by atoms with van der Waals surface area (Å²) >= 11 is 1.14. The van der Waals surface area contributed by atoms with Crippen LogP contribution in [-0.4, -0.2) is 45.2 Å². The van der Waals surface area contributed by atoms with Crippen molar-refractivity contribution in [3.05, 3.63) is 46.3 Å². The van der Waals surface area contributed by atoms with Crippen molar-refractivity contribution < 1.29 is 18.0 Å². The van der Waals surface area contributed by atoms with E-state index in [2.05, 4.69) is 5.32 Å². The van der Waals surface area contributed by atoms with Gasteiger partial charge in [-0.2, -0.15) is 0 Å². The topological polar surface area (TPSA) is 86.8 Å². The molecule has 2 heterocycles. The Morgan fingerprint density at radius 2 is 1.96 bits per heavy atom. The van der Waals surface area contributed by atoms with Crippen LogP contribution in [0.4, 0.5) is 5.69 Å². The van der Waals surface area contributed by atoms with Crippen LogP contribution in [-0.2, 0) is 27.8 Å². The van der Waals surface area contributed by atoms with E-state index in [0.29, 0.717) is 18.5 Å². The fraction of sp³-hybridized carbons (Fsp3) is 0.368. The average molecular weight is 422 g/mol. The van der Waals surface area contributed by atoms with Crippen molar-refractivity contribution in [3.8, 4) is 0 Å². The van der Waals surface area contributed by atoms with Crippen LogP contribution in [0.25, 0.3) is 0 Å². The fourth-order valence-corrected chi connectivity index (χ4v) is 5.50. The summed E-state index contributed by atoms with van der Waals surface area (Å²) < 4.78 is 25.7. The third-order valence-corrected chi connectivity index (χ3v) is 8.00. The molecule has 150 valence electrons. The molecule has 0 saturated carbocycles. The lowest BCUT2D eigenvalue weighted by Crippen LogP contribution is -2.27. The molecule has 0 radical (unpaired) electrons. The lowest BCUT2D eigenvalue weighted by molar-refractivity contribution is -0.118. The molecule has 9 heteroatoms. The van der Waals surface area contributed by atoms with Gasteiger partial charge in [0.1, 0.15) is 4.21 Å². The Balaban J connectivity index is 1.67. The van der Waals surface area contributed by atoms with E-state index in [1.54, 1.807) is 23.1 Å². The zero-order chi connectivity index (χ0) is 20.5. The summed E-state index contributed by atoms with van der Waals surface area (Å²) in [6, 6.07) is 8.61. The van der Waals surface area contributed by atoms with E-state index in [-0.39, 0.29) is 22.6 Å². The van der Waals surface area contributed by atoms with Gasteiger partial charge in [0.25, 0.3) is 15.9 Å². The summed E-state index contributed by atoms with van der Waals surface area (Å²) in [6.07, 6.45) is 1.19. The van der Waals surface area contributed by atoms with Crippen molar-refractivity contribution >= 4 is 38.9 Å². The Bertz CT molecular complexity index is 1010. The number of nitrogens with one attached hydrogen (secondary N) is 1. The number of thiophene rings is 1. The molecule has 0 bridgehead atoms. The van der Waals surface area contributed by atoms with E-state index in [0.717, 1.165) is 38.2 Å². The molecule has 1 N–H and O–H groups in total. The summed E-state index contributed by atoms with van der Waals surface area (Å²) in [4.78, 5) is 27.0. The third-order valence-electron chi connectivity index (χ3n) is 4.64. The van der Waals surface area contributed by atoms with E-state index in [9.17, 15) is 18.0 Å². The summed E-state index contributed by atoms with van der Waals surface area (Å²) in [5, 5.41) is 2.83. The Kier molecular flexibility index (Phi) is 5.87. The second-order valence-electron chi connectivity index (χ2n) is 6.68. The SMILES string of the molecule is CCC(=O)N1CCc2cc(C(=O)NCc3ccc(S(=O)(=O)N(C)C)s3)ccc21. The number of nitrogens with zero attached hydrogens (tertiary/aromatic N) is 2. The van der Waals surface area contributed by atoms with Crippen LogP contribution < -0.4 is 10.2 Å². The summed E-state index contributed by atoms with van der Waals surface area (Å²) in [5.41, 5.74) is 2.40. The van der Waals surface area contributed by atoms with E-state index < -0.39 is 10.0 Å². The van der Waals surface area contributed by atoms with Crippen LogP contribution in [0.15, 0.2) is 34.5 Å². The molecule has 2 amide bonds. The number of benzene rings is 1. The Hall–Kier alpha value is -2.23. The first-order chi connectivity index (χ1) is 13.2. The maximum absolute atomic E-state index is 12.5. The average Bonchev–Trinajstić information content (AvgIpc) is 3.32. The zero-order valence-electron chi connectivity index (χ0n) is 16.1. The highest BCUT2D eigenvalue weighted by Gasteiger charge is 2.24. The molecule has 3 rings (SSSR count). The van der Waals surface area contributed by atoms with Crippen molar-refractivity contribution in [3.63, 3.8) is 0 Å². The van der Waals surface area contributed by atoms with Gasteiger partial charge in [-0.25, -0.2) is 12.7 Å². The molecule has 0 spiro atoms. The van der Waals surface area contributed by atoms with Crippen molar-refractivity contribution in [2.24, 2.45) is 0 Å². The number of carbonyl (C=O) groups excluding carboxylic acids is 2. The maximum Gasteiger partial charge on any atom is 0.252 e.